The molecule has 0 bridgehead atoms. The topological polar surface area (TPSA) is 92.4 Å². The van der Waals surface area contributed by atoms with Crippen LogP contribution in [0.3, 0.4) is 0 Å². The number of nitrogens with zero attached hydrogens (tertiary/aromatic N) is 4. The van der Waals surface area contributed by atoms with Gasteiger partial charge in [0.05, 0.1) is 0 Å². The van der Waals surface area contributed by atoms with E-state index in [1.165, 1.54) is 0 Å². The summed E-state index contributed by atoms with van der Waals surface area (Å²) in [5, 5.41) is 16.0. The second-order valence-electron chi connectivity index (χ2n) is 5.69. The lowest BCUT2D eigenvalue weighted by Crippen LogP contribution is -2.36. The number of carbonyl (C=O) groups excluding carboxylic acids is 1. The molecule has 0 aliphatic heterocycles. The van der Waals surface area contributed by atoms with Crippen LogP contribution < -0.4 is 5.32 Å². The van der Waals surface area contributed by atoms with E-state index in [9.17, 15) is 4.79 Å². The Balaban J connectivity index is 2.21. The van der Waals surface area contributed by atoms with Crippen LogP contribution >= 0.6 is 0 Å². The van der Waals surface area contributed by atoms with Crippen LogP contribution in [0.2, 0.25) is 0 Å². The monoisotopic (exact) mass is 277 g/mol. The van der Waals surface area contributed by atoms with Crippen LogP contribution in [0.4, 0.5) is 0 Å². The van der Waals surface area contributed by atoms with Crippen LogP contribution in [0.1, 0.15) is 35.9 Å². The van der Waals surface area contributed by atoms with Gasteiger partial charge in [0, 0.05) is 30.0 Å². The third-order valence-corrected chi connectivity index (χ3v) is 2.98. The maximum Gasteiger partial charge on any atom is 0.291 e. The summed E-state index contributed by atoms with van der Waals surface area (Å²) < 4.78 is 1.54. The summed E-state index contributed by atoms with van der Waals surface area (Å²) >= 11 is 0. The first-order chi connectivity index (χ1) is 9.32. The number of amides is 1. The van der Waals surface area contributed by atoms with E-state index < -0.39 is 0 Å². The molecule has 1 amide bonds. The van der Waals surface area contributed by atoms with Crippen molar-refractivity contribution in [2.75, 3.05) is 13.2 Å². The predicted molar refractivity (Wildman–Crippen MR) is 73.5 cm³/mol. The van der Waals surface area contributed by atoms with Gasteiger partial charge in [0.1, 0.15) is 0 Å². The molecule has 2 aromatic rings. The molecule has 0 saturated carbocycles. The smallest absolute Gasteiger partial charge is 0.291 e. The molecule has 108 valence electrons. The van der Waals surface area contributed by atoms with E-state index in [-0.39, 0.29) is 23.8 Å². The molecule has 0 aliphatic rings. The molecule has 7 heteroatoms. The minimum atomic E-state index is -0.375. The third-order valence-electron chi connectivity index (χ3n) is 2.98. The molecule has 2 aromatic heterocycles. The third kappa shape index (κ3) is 2.93. The highest BCUT2D eigenvalue weighted by Crippen LogP contribution is 2.11. The van der Waals surface area contributed by atoms with Crippen molar-refractivity contribution >= 4 is 11.7 Å². The lowest BCUT2D eigenvalue weighted by atomic mass is 9.95. The number of fused-ring (bicyclic) bond motifs is 1. The SMILES string of the molecule is Cc1cc(C)n2nc(C(=O)NCC(C)(C)CO)nc2n1. The first kappa shape index (κ1) is 14.4. The molecule has 2 rings (SSSR count). The highest BCUT2D eigenvalue weighted by atomic mass is 16.3. The fraction of sp³-hybridized carbons (Fsp3) is 0.538. The Labute approximate surface area is 117 Å². The van der Waals surface area contributed by atoms with Crippen LogP contribution in [0.25, 0.3) is 5.78 Å². The van der Waals surface area contributed by atoms with Gasteiger partial charge in [-0.15, -0.1) is 5.10 Å². The fourth-order valence-electron chi connectivity index (χ4n) is 1.72. The number of carbonyl (C=O) groups is 1. The Morgan fingerprint density at radius 2 is 2.10 bits per heavy atom. The summed E-state index contributed by atoms with van der Waals surface area (Å²) in [4.78, 5) is 20.4. The van der Waals surface area contributed by atoms with Gasteiger partial charge in [0.25, 0.3) is 11.7 Å². The van der Waals surface area contributed by atoms with Gasteiger partial charge in [-0.25, -0.2) is 9.50 Å². The average Bonchev–Trinajstić information content (AvgIpc) is 2.80. The molecular formula is C13H19N5O2. The molecular weight excluding hydrogens is 258 g/mol. The average molecular weight is 277 g/mol. The van der Waals surface area contributed by atoms with Crippen LogP contribution in [-0.4, -0.2) is 43.7 Å². The summed E-state index contributed by atoms with van der Waals surface area (Å²) in [6.07, 6.45) is 0. The minimum absolute atomic E-state index is 0.00820. The number of nitrogens with one attached hydrogen (secondary N) is 1. The lowest BCUT2D eigenvalue weighted by molar-refractivity contribution is 0.0901. The summed E-state index contributed by atoms with van der Waals surface area (Å²) in [6, 6.07) is 1.87. The van der Waals surface area contributed by atoms with Gasteiger partial charge in [-0.1, -0.05) is 13.8 Å². The van der Waals surface area contributed by atoms with Crippen molar-refractivity contribution < 1.29 is 9.90 Å². The Kier molecular flexibility index (Phi) is 3.71. The number of hydrogen-bond acceptors (Lipinski definition) is 5. The van der Waals surface area contributed by atoms with Crippen LogP contribution in [-0.2, 0) is 0 Å². The van der Waals surface area contributed by atoms with Crippen molar-refractivity contribution in [2.45, 2.75) is 27.7 Å². The van der Waals surface area contributed by atoms with Gasteiger partial charge in [-0.2, -0.15) is 4.98 Å². The molecule has 20 heavy (non-hydrogen) atoms. The quantitative estimate of drug-likeness (QED) is 0.848. The van der Waals surface area contributed by atoms with E-state index in [0.29, 0.717) is 12.3 Å². The molecule has 0 atom stereocenters. The number of aliphatic hydroxyl groups excluding tert-OH is 1. The zero-order valence-electron chi connectivity index (χ0n) is 12.1. The number of rotatable bonds is 4. The zero-order chi connectivity index (χ0) is 14.9. The molecule has 0 unspecified atom stereocenters. The Morgan fingerprint density at radius 3 is 2.75 bits per heavy atom. The molecule has 2 N–H and O–H groups in total. The van der Waals surface area contributed by atoms with Crippen LogP contribution in [0.5, 0.6) is 0 Å². The summed E-state index contributed by atoms with van der Waals surface area (Å²) in [5.74, 6) is 0.128. The normalized spacial score (nSPS) is 11.8. The molecule has 0 spiro atoms. The first-order valence-electron chi connectivity index (χ1n) is 6.42. The van der Waals surface area contributed by atoms with Gasteiger partial charge in [-0.3, -0.25) is 4.79 Å². The van der Waals surface area contributed by atoms with Crippen LogP contribution in [0.15, 0.2) is 6.07 Å². The fourth-order valence-corrected chi connectivity index (χ4v) is 1.72. The van der Waals surface area contributed by atoms with E-state index >= 15 is 0 Å². The maximum atomic E-state index is 12.0. The molecule has 7 nitrogen and oxygen atoms in total. The van der Waals surface area contributed by atoms with Gasteiger partial charge < -0.3 is 10.4 Å². The molecule has 0 aliphatic carbocycles. The van der Waals surface area contributed by atoms with Crippen molar-refractivity contribution in [3.8, 4) is 0 Å². The van der Waals surface area contributed by atoms with Crippen LogP contribution in [0, 0.1) is 19.3 Å². The van der Waals surface area contributed by atoms with E-state index in [0.717, 1.165) is 11.4 Å². The van der Waals surface area contributed by atoms with Crippen molar-refractivity contribution in [3.63, 3.8) is 0 Å². The van der Waals surface area contributed by atoms with E-state index in [1.807, 2.05) is 33.8 Å². The second-order valence-corrected chi connectivity index (χ2v) is 5.69. The summed E-state index contributed by atoms with van der Waals surface area (Å²) in [6.45, 7) is 7.81. The summed E-state index contributed by atoms with van der Waals surface area (Å²) in [7, 11) is 0. The molecule has 0 fully saturated rings. The lowest BCUT2D eigenvalue weighted by Gasteiger charge is -2.21. The highest BCUT2D eigenvalue weighted by Gasteiger charge is 2.20. The van der Waals surface area contributed by atoms with E-state index in [2.05, 4.69) is 20.4 Å². The molecule has 0 aromatic carbocycles. The number of aryl methyl sites for hydroxylation is 2. The second kappa shape index (κ2) is 5.16. The minimum Gasteiger partial charge on any atom is -0.396 e. The van der Waals surface area contributed by atoms with E-state index in [1.54, 1.807) is 4.52 Å². The van der Waals surface area contributed by atoms with Gasteiger partial charge in [0.2, 0.25) is 5.82 Å². The Morgan fingerprint density at radius 1 is 1.40 bits per heavy atom. The molecule has 0 saturated heterocycles. The highest BCUT2D eigenvalue weighted by molar-refractivity contribution is 5.90. The predicted octanol–water partition coefficient (Wildman–Crippen LogP) is 0.489. The van der Waals surface area contributed by atoms with Crippen molar-refractivity contribution in [3.05, 3.63) is 23.3 Å². The molecule has 2 heterocycles. The van der Waals surface area contributed by atoms with Gasteiger partial charge >= 0.3 is 0 Å². The van der Waals surface area contributed by atoms with Gasteiger partial charge in [0.15, 0.2) is 0 Å². The van der Waals surface area contributed by atoms with Crippen molar-refractivity contribution in [2.24, 2.45) is 5.41 Å². The summed E-state index contributed by atoms with van der Waals surface area (Å²) in [5.41, 5.74) is 1.32. The van der Waals surface area contributed by atoms with Crippen molar-refractivity contribution in [1.29, 1.82) is 0 Å². The largest absolute Gasteiger partial charge is 0.396 e. The number of aliphatic hydroxyl groups is 1. The van der Waals surface area contributed by atoms with E-state index in [4.69, 9.17) is 5.11 Å². The standard InChI is InChI=1S/C13H19N5O2/c1-8-5-9(2)18-12(15-8)16-10(17-18)11(20)14-6-13(3,4)7-19/h5,19H,6-7H2,1-4H3,(H,14,20). The molecule has 0 radical (unpaired) electrons. The first-order valence-corrected chi connectivity index (χ1v) is 6.42. The number of aromatic nitrogens is 4. The zero-order valence-corrected chi connectivity index (χ0v) is 12.1. The Hall–Kier alpha value is -2.02. The van der Waals surface area contributed by atoms with Gasteiger partial charge in [-0.05, 0) is 19.9 Å². The maximum absolute atomic E-state index is 12.0. The Bertz CT molecular complexity index is 647. The number of hydrogen-bond donors (Lipinski definition) is 2. The van der Waals surface area contributed by atoms with Crippen molar-refractivity contribution in [1.82, 2.24) is 24.9 Å².